The quantitative estimate of drug-likeness (QED) is 0.317. The molecular weight excluding hydrogens is 544 g/mol. The molecule has 2 amide bonds. The molecule has 2 aromatic heterocycles. The third-order valence-corrected chi connectivity index (χ3v) is 7.37. The second kappa shape index (κ2) is 13.4. The maximum atomic E-state index is 13.6. The minimum absolute atomic E-state index is 0.0499. The predicted octanol–water partition coefficient (Wildman–Crippen LogP) is 3.81. The molecular formula is C30H39ClN6O4. The first-order chi connectivity index (χ1) is 19.6. The highest BCUT2D eigenvalue weighted by atomic mass is 35.5. The summed E-state index contributed by atoms with van der Waals surface area (Å²) in [6.07, 6.45) is 2.83. The molecule has 220 valence electrons. The van der Waals surface area contributed by atoms with Crippen molar-refractivity contribution in [3.05, 3.63) is 69.2 Å². The minimum Gasteiger partial charge on any atom is -0.478 e. The van der Waals surface area contributed by atoms with E-state index >= 15 is 0 Å². The van der Waals surface area contributed by atoms with Gasteiger partial charge in [0.1, 0.15) is 5.69 Å². The minimum atomic E-state index is -0.568. The number of para-hydroxylation sites is 1. The number of aromatic nitrogens is 3. The van der Waals surface area contributed by atoms with Gasteiger partial charge in [0.05, 0.1) is 36.0 Å². The van der Waals surface area contributed by atoms with Gasteiger partial charge in [0, 0.05) is 31.3 Å². The maximum absolute atomic E-state index is 13.6. The molecule has 11 heteroatoms. The van der Waals surface area contributed by atoms with E-state index in [0.717, 1.165) is 25.3 Å². The third-order valence-electron chi connectivity index (χ3n) is 7.17. The average molecular weight is 583 g/mol. The SMILES string of the molecule is CCOc1ncc(Cl)cc1CC(=O)NCC(C)(C)CC(=O)Nc1c(C)n(CCN2CCC2)n(-c2ccccc2)c1=O. The smallest absolute Gasteiger partial charge is 0.295 e. The number of pyridine rings is 1. The van der Waals surface area contributed by atoms with Crippen molar-refractivity contribution in [3.8, 4) is 11.6 Å². The number of nitrogens with zero attached hydrogens (tertiary/aromatic N) is 4. The van der Waals surface area contributed by atoms with Crippen molar-refractivity contribution in [1.82, 2.24) is 24.6 Å². The summed E-state index contributed by atoms with van der Waals surface area (Å²) in [7, 11) is 0. The van der Waals surface area contributed by atoms with Crippen molar-refractivity contribution in [2.24, 2.45) is 5.41 Å². The van der Waals surface area contributed by atoms with Gasteiger partial charge in [0.25, 0.3) is 5.56 Å². The van der Waals surface area contributed by atoms with Crippen LogP contribution in [0.4, 0.5) is 5.69 Å². The van der Waals surface area contributed by atoms with Gasteiger partial charge in [-0.05, 0) is 57.0 Å². The largest absolute Gasteiger partial charge is 0.478 e. The Morgan fingerprint density at radius 2 is 1.85 bits per heavy atom. The van der Waals surface area contributed by atoms with Crippen molar-refractivity contribution in [1.29, 1.82) is 0 Å². The Morgan fingerprint density at radius 3 is 2.51 bits per heavy atom. The van der Waals surface area contributed by atoms with Crippen LogP contribution in [0.3, 0.4) is 0 Å². The van der Waals surface area contributed by atoms with Crippen LogP contribution in [0, 0.1) is 12.3 Å². The fourth-order valence-corrected chi connectivity index (χ4v) is 5.02. The Kier molecular flexibility index (Phi) is 9.88. The normalized spacial score (nSPS) is 13.5. The highest BCUT2D eigenvalue weighted by molar-refractivity contribution is 6.30. The van der Waals surface area contributed by atoms with E-state index in [-0.39, 0.29) is 42.4 Å². The van der Waals surface area contributed by atoms with E-state index in [2.05, 4.69) is 20.5 Å². The van der Waals surface area contributed by atoms with Gasteiger partial charge in [-0.15, -0.1) is 0 Å². The lowest BCUT2D eigenvalue weighted by atomic mass is 9.88. The fourth-order valence-electron chi connectivity index (χ4n) is 4.84. The number of carbonyl (C=O) groups excluding carboxylic acids is 2. The Labute approximate surface area is 245 Å². The molecule has 41 heavy (non-hydrogen) atoms. The van der Waals surface area contributed by atoms with Crippen LogP contribution in [0.1, 0.15) is 44.9 Å². The molecule has 3 aromatic rings. The van der Waals surface area contributed by atoms with Gasteiger partial charge in [-0.2, -0.15) is 0 Å². The van der Waals surface area contributed by atoms with Crippen LogP contribution >= 0.6 is 11.6 Å². The van der Waals surface area contributed by atoms with Crippen molar-refractivity contribution < 1.29 is 14.3 Å². The van der Waals surface area contributed by atoms with Crippen LogP contribution in [0.5, 0.6) is 5.88 Å². The number of benzene rings is 1. The number of halogens is 1. The average Bonchev–Trinajstić information content (AvgIpc) is 3.12. The lowest BCUT2D eigenvalue weighted by Gasteiger charge is -2.31. The lowest BCUT2D eigenvalue weighted by Crippen LogP contribution is -2.40. The Hall–Kier alpha value is -3.63. The zero-order valence-corrected chi connectivity index (χ0v) is 25.0. The summed E-state index contributed by atoms with van der Waals surface area (Å²) in [5, 5.41) is 6.20. The molecule has 1 aliphatic rings. The number of likely N-dealkylation sites (tertiary alicyclic amines) is 1. The number of amides is 2. The topological polar surface area (TPSA) is 110 Å². The fraction of sp³-hybridized carbons (Fsp3) is 0.467. The number of rotatable bonds is 13. The summed E-state index contributed by atoms with van der Waals surface area (Å²) in [5.41, 5.74) is 1.49. The van der Waals surface area contributed by atoms with Crippen molar-refractivity contribution in [2.45, 2.75) is 53.5 Å². The van der Waals surface area contributed by atoms with E-state index in [1.54, 1.807) is 10.7 Å². The molecule has 2 N–H and O–H groups in total. The molecule has 4 rings (SSSR count). The molecule has 0 saturated carbocycles. The van der Waals surface area contributed by atoms with Crippen LogP contribution in [0.2, 0.25) is 5.02 Å². The van der Waals surface area contributed by atoms with Crippen molar-refractivity contribution in [3.63, 3.8) is 0 Å². The monoisotopic (exact) mass is 582 g/mol. The van der Waals surface area contributed by atoms with Gasteiger partial charge >= 0.3 is 0 Å². The van der Waals surface area contributed by atoms with Crippen LogP contribution < -0.4 is 20.9 Å². The molecule has 1 aromatic carbocycles. The first-order valence-corrected chi connectivity index (χ1v) is 14.4. The molecule has 3 heterocycles. The summed E-state index contributed by atoms with van der Waals surface area (Å²) in [6, 6.07) is 11.1. The molecule has 0 radical (unpaired) electrons. The number of hydrogen-bond acceptors (Lipinski definition) is 6. The molecule has 0 atom stereocenters. The number of hydrogen-bond donors (Lipinski definition) is 2. The summed E-state index contributed by atoms with van der Waals surface area (Å²) >= 11 is 6.06. The Balaban J connectivity index is 1.41. The highest BCUT2D eigenvalue weighted by Gasteiger charge is 2.26. The number of anilines is 1. The third kappa shape index (κ3) is 7.77. The second-order valence-electron chi connectivity index (χ2n) is 11.1. The zero-order chi connectivity index (χ0) is 29.6. The molecule has 0 spiro atoms. The van der Waals surface area contributed by atoms with E-state index in [9.17, 15) is 14.4 Å². The summed E-state index contributed by atoms with van der Waals surface area (Å²) in [5.74, 6) is -0.148. The number of ether oxygens (including phenoxy) is 1. The standard InChI is InChI=1S/C30H39ClN6O4/c1-5-41-28-22(16-23(31)19-32-28)17-25(38)33-20-30(3,4)18-26(39)34-27-21(2)36(15-14-35-12-9-13-35)37(29(27)40)24-10-7-6-8-11-24/h6-8,10-11,16,19H,5,9,12-15,17-18,20H2,1-4H3,(H,33,38)(H,34,39). The number of nitrogens with one attached hydrogen (secondary N) is 2. The molecule has 0 bridgehead atoms. The highest BCUT2D eigenvalue weighted by Crippen LogP contribution is 2.23. The first-order valence-electron chi connectivity index (χ1n) is 14.0. The molecule has 10 nitrogen and oxygen atoms in total. The molecule has 1 fully saturated rings. The van der Waals surface area contributed by atoms with Crippen LogP contribution in [0.25, 0.3) is 5.69 Å². The molecule has 1 aliphatic heterocycles. The second-order valence-corrected chi connectivity index (χ2v) is 11.6. The van der Waals surface area contributed by atoms with Gasteiger partial charge < -0.3 is 20.3 Å². The van der Waals surface area contributed by atoms with Crippen LogP contribution in [-0.2, 0) is 22.6 Å². The van der Waals surface area contributed by atoms with E-state index in [4.69, 9.17) is 16.3 Å². The number of carbonyl (C=O) groups is 2. The zero-order valence-electron chi connectivity index (χ0n) is 24.2. The van der Waals surface area contributed by atoms with E-state index in [1.165, 1.54) is 12.6 Å². The van der Waals surface area contributed by atoms with Crippen molar-refractivity contribution in [2.75, 3.05) is 38.1 Å². The molecule has 1 saturated heterocycles. The maximum Gasteiger partial charge on any atom is 0.295 e. The Morgan fingerprint density at radius 1 is 1.12 bits per heavy atom. The summed E-state index contributed by atoms with van der Waals surface area (Å²) < 4.78 is 9.09. The van der Waals surface area contributed by atoms with Gasteiger partial charge in [0.15, 0.2) is 0 Å². The lowest BCUT2D eigenvalue weighted by molar-refractivity contribution is -0.122. The summed E-state index contributed by atoms with van der Waals surface area (Å²) in [4.78, 5) is 45.9. The molecule has 0 unspecified atom stereocenters. The Bertz CT molecular complexity index is 1430. The van der Waals surface area contributed by atoms with Gasteiger partial charge in [0.2, 0.25) is 17.7 Å². The molecule has 0 aliphatic carbocycles. The van der Waals surface area contributed by atoms with E-state index in [1.807, 2.05) is 62.7 Å². The summed E-state index contributed by atoms with van der Waals surface area (Å²) in [6.45, 7) is 11.8. The van der Waals surface area contributed by atoms with E-state index in [0.29, 0.717) is 35.3 Å². The van der Waals surface area contributed by atoms with Gasteiger partial charge in [-0.25, -0.2) is 9.67 Å². The van der Waals surface area contributed by atoms with E-state index < -0.39 is 5.41 Å². The van der Waals surface area contributed by atoms with Crippen molar-refractivity contribution >= 4 is 29.1 Å². The van der Waals surface area contributed by atoms with Gasteiger partial charge in [-0.1, -0.05) is 43.6 Å². The predicted molar refractivity (Wildman–Crippen MR) is 160 cm³/mol. The first kappa shape index (κ1) is 30.3. The van der Waals surface area contributed by atoms with Crippen LogP contribution in [-0.4, -0.2) is 63.8 Å². The van der Waals surface area contributed by atoms with Crippen LogP contribution in [0.15, 0.2) is 47.4 Å². The van der Waals surface area contributed by atoms with Gasteiger partial charge in [-0.3, -0.25) is 19.1 Å².